The Morgan fingerprint density at radius 1 is 1.08 bits per heavy atom. The number of urea groups is 1. The summed E-state index contributed by atoms with van der Waals surface area (Å²) in [5.41, 5.74) is 2.52. The number of carbonyl (C=O) groups excluding carboxylic acids is 1. The Kier molecular flexibility index (Phi) is 6.40. The van der Waals surface area contributed by atoms with E-state index in [2.05, 4.69) is 46.4 Å². The zero-order chi connectivity index (χ0) is 16.8. The first kappa shape index (κ1) is 17.6. The van der Waals surface area contributed by atoms with Crippen LogP contribution in [0.25, 0.3) is 0 Å². The van der Waals surface area contributed by atoms with Crippen molar-refractivity contribution in [3.05, 3.63) is 35.4 Å². The van der Waals surface area contributed by atoms with Gasteiger partial charge in [0, 0.05) is 63.9 Å². The van der Waals surface area contributed by atoms with Gasteiger partial charge in [-0.2, -0.15) is 11.8 Å². The number of piperazine rings is 1. The topological polar surface area (TPSA) is 38.8 Å². The summed E-state index contributed by atoms with van der Waals surface area (Å²) >= 11 is 1.92. The average molecular weight is 349 g/mol. The molecular formula is C18H28N4OS. The van der Waals surface area contributed by atoms with E-state index < -0.39 is 0 Å². The normalized spacial score (nSPS) is 20.1. The molecule has 3 rings (SSSR count). The maximum Gasteiger partial charge on any atom is 0.317 e. The fourth-order valence-corrected chi connectivity index (χ4v) is 4.06. The van der Waals surface area contributed by atoms with Crippen LogP contribution in [0.1, 0.15) is 11.1 Å². The molecule has 1 N–H and O–H groups in total. The first-order valence-corrected chi connectivity index (χ1v) is 9.95. The lowest BCUT2D eigenvalue weighted by molar-refractivity contribution is 0.148. The number of thioether (sulfide) groups is 1. The predicted octanol–water partition coefficient (Wildman–Crippen LogP) is 1.69. The highest BCUT2D eigenvalue weighted by molar-refractivity contribution is 7.99. The largest absolute Gasteiger partial charge is 0.334 e. The molecule has 132 valence electrons. The molecule has 0 aromatic heterocycles. The zero-order valence-corrected chi connectivity index (χ0v) is 15.4. The number of nitrogens with zero attached hydrogens (tertiary/aromatic N) is 3. The van der Waals surface area contributed by atoms with Crippen LogP contribution < -0.4 is 5.32 Å². The Morgan fingerprint density at radius 2 is 1.79 bits per heavy atom. The first-order valence-electron chi connectivity index (χ1n) is 8.80. The molecule has 1 aromatic rings. The number of likely N-dealkylation sites (N-methyl/N-ethyl adjacent to an activating group) is 1. The standard InChI is InChI=1S/C18H28N4OS/c1-20-5-7-21(8-6-20)15-17-4-2-3-16(13-17)14-19-18(23)22-9-11-24-12-10-22/h2-4,13H,5-12,14-15H2,1H3,(H,19,23). The van der Waals surface area contributed by atoms with E-state index in [1.54, 1.807) is 0 Å². The molecule has 0 aliphatic carbocycles. The van der Waals surface area contributed by atoms with Crippen LogP contribution in [-0.2, 0) is 13.1 Å². The zero-order valence-electron chi connectivity index (χ0n) is 14.5. The van der Waals surface area contributed by atoms with E-state index in [4.69, 9.17) is 0 Å². The molecule has 24 heavy (non-hydrogen) atoms. The third-order valence-corrected chi connectivity index (χ3v) is 5.68. The van der Waals surface area contributed by atoms with Crippen molar-refractivity contribution in [2.45, 2.75) is 13.1 Å². The molecule has 2 fully saturated rings. The van der Waals surface area contributed by atoms with E-state index in [0.717, 1.165) is 57.3 Å². The quantitative estimate of drug-likeness (QED) is 0.899. The molecule has 0 saturated carbocycles. The molecule has 2 aliphatic rings. The van der Waals surface area contributed by atoms with E-state index in [-0.39, 0.29) is 6.03 Å². The minimum atomic E-state index is 0.0692. The van der Waals surface area contributed by atoms with E-state index in [1.807, 2.05) is 16.7 Å². The van der Waals surface area contributed by atoms with Crippen molar-refractivity contribution in [3.63, 3.8) is 0 Å². The minimum absolute atomic E-state index is 0.0692. The third kappa shape index (κ3) is 5.13. The van der Waals surface area contributed by atoms with E-state index in [1.165, 1.54) is 11.1 Å². The maximum atomic E-state index is 12.2. The van der Waals surface area contributed by atoms with Gasteiger partial charge in [0.05, 0.1) is 0 Å². The summed E-state index contributed by atoms with van der Waals surface area (Å²) in [6.45, 7) is 7.88. The number of benzene rings is 1. The summed E-state index contributed by atoms with van der Waals surface area (Å²) in [7, 11) is 2.18. The van der Waals surface area contributed by atoms with Crippen LogP contribution in [0.3, 0.4) is 0 Å². The highest BCUT2D eigenvalue weighted by Gasteiger charge is 2.16. The summed E-state index contributed by atoms with van der Waals surface area (Å²) in [5, 5.41) is 3.06. The van der Waals surface area contributed by atoms with Crippen LogP contribution in [0.2, 0.25) is 0 Å². The molecule has 2 saturated heterocycles. The van der Waals surface area contributed by atoms with Gasteiger partial charge in [0.1, 0.15) is 0 Å². The molecular weight excluding hydrogens is 320 g/mol. The lowest BCUT2D eigenvalue weighted by Crippen LogP contribution is -2.44. The van der Waals surface area contributed by atoms with Crippen LogP contribution in [-0.4, -0.2) is 78.6 Å². The molecule has 2 amide bonds. The van der Waals surface area contributed by atoms with E-state index >= 15 is 0 Å². The van der Waals surface area contributed by atoms with Crippen molar-refractivity contribution < 1.29 is 4.79 Å². The molecule has 6 heteroatoms. The monoisotopic (exact) mass is 348 g/mol. The summed E-state index contributed by atoms with van der Waals surface area (Å²) in [5.74, 6) is 2.10. The minimum Gasteiger partial charge on any atom is -0.334 e. The van der Waals surface area contributed by atoms with Crippen molar-refractivity contribution in [2.75, 3.05) is 57.8 Å². The van der Waals surface area contributed by atoms with E-state index in [9.17, 15) is 4.79 Å². The van der Waals surface area contributed by atoms with Crippen molar-refractivity contribution >= 4 is 17.8 Å². The van der Waals surface area contributed by atoms with Gasteiger partial charge in [0.15, 0.2) is 0 Å². The van der Waals surface area contributed by atoms with Crippen molar-refractivity contribution in [1.29, 1.82) is 0 Å². The molecule has 0 bridgehead atoms. The number of hydrogen-bond acceptors (Lipinski definition) is 4. The van der Waals surface area contributed by atoms with Gasteiger partial charge in [-0.05, 0) is 18.2 Å². The van der Waals surface area contributed by atoms with E-state index in [0.29, 0.717) is 6.54 Å². The Balaban J connectivity index is 1.48. The first-order chi connectivity index (χ1) is 11.7. The molecule has 0 atom stereocenters. The fraction of sp³-hybridized carbons (Fsp3) is 0.611. The molecule has 5 nitrogen and oxygen atoms in total. The Bertz CT molecular complexity index is 540. The van der Waals surface area contributed by atoms with Crippen LogP contribution in [0.5, 0.6) is 0 Å². The van der Waals surface area contributed by atoms with Gasteiger partial charge in [0.25, 0.3) is 0 Å². The SMILES string of the molecule is CN1CCN(Cc2cccc(CNC(=O)N3CCSCC3)c2)CC1. The molecule has 0 spiro atoms. The van der Waals surface area contributed by atoms with Crippen molar-refractivity contribution in [2.24, 2.45) is 0 Å². The summed E-state index contributed by atoms with van der Waals surface area (Å²) in [6.07, 6.45) is 0. The van der Waals surface area contributed by atoms with Crippen molar-refractivity contribution in [3.8, 4) is 0 Å². The van der Waals surface area contributed by atoms with Gasteiger partial charge in [0.2, 0.25) is 0 Å². The lowest BCUT2D eigenvalue weighted by Gasteiger charge is -2.32. The van der Waals surface area contributed by atoms with Crippen LogP contribution in [0.4, 0.5) is 4.79 Å². The number of rotatable bonds is 4. The average Bonchev–Trinajstić information content (AvgIpc) is 2.63. The van der Waals surface area contributed by atoms with Gasteiger partial charge >= 0.3 is 6.03 Å². The second-order valence-electron chi connectivity index (χ2n) is 6.66. The van der Waals surface area contributed by atoms with Crippen LogP contribution in [0, 0.1) is 0 Å². The van der Waals surface area contributed by atoms with Crippen molar-refractivity contribution in [1.82, 2.24) is 20.0 Å². The lowest BCUT2D eigenvalue weighted by atomic mass is 10.1. The van der Waals surface area contributed by atoms with Gasteiger partial charge in [-0.1, -0.05) is 24.3 Å². The van der Waals surface area contributed by atoms with Crippen LogP contribution >= 0.6 is 11.8 Å². The highest BCUT2D eigenvalue weighted by Crippen LogP contribution is 2.12. The number of hydrogen-bond donors (Lipinski definition) is 1. The van der Waals surface area contributed by atoms with Gasteiger partial charge in [-0.15, -0.1) is 0 Å². The summed E-state index contributed by atoms with van der Waals surface area (Å²) in [6, 6.07) is 8.68. The Hall–Kier alpha value is -1.24. The molecule has 0 unspecified atom stereocenters. The second kappa shape index (κ2) is 8.74. The summed E-state index contributed by atoms with van der Waals surface area (Å²) < 4.78 is 0. The van der Waals surface area contributed by atoms with Gasteiger partial charge in [-0.25, -0.2) is 4.79 Å². The molecule has 2 aliphatic heterocycles. The molecule has 2 heterocycles. The summed E-state index contributed by atoms with van der Waals surface area (Å²) in [4.78, 5) is 19.0. The number of carbonyl (C=O) groups is 1. The highest BCUT2D eigenvalue weighted by atomic mass is 32.2. The van der Waals surface area contributed by atoms with Gasteiger partial charge in [-0.3, -0.25) is 4.90 Å². The third-order valence-electron chi connectivity index (χ3n) is 4.74. The smallest absolute Gasteiger partial charge is 0.317 e. The van der Waals surface area contributed by atoms with Gasteiger partial charge < -0.3 is 15.1 Å². The predicted molar refractivity (Wildman–Crippen MR) is 100 cm³/mol. The number of amides is 2. The van der Waals surface area contributed by atoms with Crippen LogP contribution in [0.15, 0.2) is 24.3 Å². The molecule has 1 aromatic carbocycles. The molecule has 0 radical (unpaired) electrons. The Morgan fingerprint density at radius 3 is 2.54 bits per heavy atom. The Labute approximate surface area is 149 Å². The fourth-order valence-electron chi connectivity index (χ4n) is 3.16. The second-order valence-corrected chi connectivity index (χ2v) is 7.88. The number of nitrogens with one attached hydrogen (secondary N) is 1. The maximum absolute atomic E-state index is 12.2.